The van der Waals surface area contributed by atoms with E-state index in [4.69, 9.17) is 14.3 Å². The minimum atomic E-state index is -0.989. The number of ether oxygens (including phenoxy) is 1. The van der Waals surface area contributed by atoms with Gasteiger partial charge in [0.1, 0.15) is 11.4 Å². The predicted molar refractivity (Wildman–Crippen MR) is 134 cm³/mol. The number of amides is 2. The number of rotatable bonds is 10. The Morgan fingerprint density at radius 3 is 2.42 bits per heavy atom. The maximum Gasteiger partial charge on any atom is 0.410 e. The second-order valence-electron chi connectivity index (χ2n) is 9.35. The monoisotopic (exact) mass is 495 g/mol. The van der Waals surface area contributed by atoms with Crippen molar-refractivity contribution in [3.63, 3.8) is 0 Å². The number of carbonyl (C=O) groups is 2. The molecule has 9 heteroatoms. The van der Waals surface area contributed by atoms with Gasteiger partial charge in [0.15, 0.2) is 6.10 Å². The van der Waals surface area contributed by atoms with Gasteiger partial charge in [0, 0.05) is 31.6 Å². The van der Waals surface area contributed by atoms with E-state index in [1.54, 1.807) is 57.2 Å². The van der Waals surface area contributed by atoms with Crippen LogP contribution >= 0.6 is 0 Å². The zero-order chi connectivity index (χ0) is 26.1. The van der Waals surface area contributed by atoms with E-state index in [9.17, 15) is 14.7 Å². The van der Waals surface area contributed by atoms with Gasteiger partial charge >= 0.3 is 6.09 Å². The largest absolute Gasteiger partial charge is 0.444 e. The van der Waals surface area contributed by atoms with E-state index in [-0.39, 0.29) is 37.9 Å². The Kier molecular flexibility index (Phi) is 9.21. The van der Waals surface area contributed by atoms with Gasteiger partial charge in [-0.3, -0.25) is 4.79 Å². The fourth-order valence-corrected chi connectivity index (χ4v) is 3.36. The zero-order valence-corrected chi connectivity index (χ0v) is 20.8. The van der Waals surface area contributed by atoms with Gasteiger partial charge in [0.25, 0.3) is 0 Å². The molecule has 1 atom stereocenters. The number of carbonyl (C=O) groups excluding carboxylic acids is 2. The number of aliphatic hydroxyl groups is 2. The van der Waals surface area contributed by atoms with Crippen LogP contribution in [0.3, 0.4) is 0 Å². The molecule has 1 aromatic heterocycles. The van der Waals surface area contributed by atoms with E-state index in [1.165, 1.54) is 11.1 Å². The van der Waals surface area contributed by atoms with Crippen LogP contribution in [0.1, 0.15) is 56.1 Å². The molecule has 0 bridgehead atoms. The Morgan fingerprint density at radius 1 is 1.08 bits per heavy atom. The Balaban J connectivity index is 1.60. The average molecular weight is 496 g/mol. The molecular weight excluding hydrogens is 462 g/mol. The fraction of sp³-hybridized carbons (Fsp3) is 0.370. The summed E-state index contributed by atoms with van der Waals surface area (Å²) in [7, 11) is 0. The summed E-state index contributed by atoms with van der Waals surface area (Å²) in [5.74, 6) is 0.418. The van der Waals surface area contributed by atoms with Crippen LogP contribution in [0.15, 0.2) is 65.2 Å². The summed E-state index contributed by atoms with van der Waals surface area (Å²) in [6, 6.07) is 15.9. The maximum absolute atomic E-state index is 12.8. The number of oxazole rings is 1. The lowest BCUT2D eigenvalue weighted by Gasteiger charge is -2.27. The fourth-order valence-electron chi connectivity index (χ4n) is 3.36. The van der Waals surface area contributed by atoms with Gasteiger partial charge in [-0.15, -0.1) is 0 Å². The Hall–Kier alpha value is -3.69. The van der Waals surface area contributed by atoms with Gasteiger partial charge in [0.2, 0.25) is 11.8 Å². The standard InChI is InChI=1S/C27H33N3O6/c1-27(2,3)36-26(34)30(16-14-23(32)29-21-11-9-19(18-31)10-12-21)15-13-22-17-28-25(35-22)24(33)20-7-5-4-6-8-20/h4-12,17,24,31,33H,13-16,18H2,1-3H3,(H,29,32). The van der Waals surface area contributed by atoms with Crippen LogP contribution in [0.2, 0.25) is 0 Å². The molecule has 0 spiro atoms. The highest BCUT2D eigenvalue weighted by Gasteiger charge is 2.23. The first-order valence-corrected chi connectivity index (χ1v) is 11.8. The summed E-state index contributed by atoms with van der Waals surface area (Å²) in [5.41, 5.74) is 1.33. The Labute approximate surface area is 210 Å². The lowest BCUT2D eigenvalue weighted by molar-refractivity contribution is -0.116. The van der Waals surface area contributed by atoms with E-state index in [0.29, 0.717) is 23.4 Å². The van der Waals surface area contributed by atoms with Crippen LogP contribution in [0.25, 0.3) is 0 Å². The molecule has 2 amide bonds. The first kappa shape index (κ1) is 26.9. The van der Waals surface area contributed by atoms with Crippen molar-refractivity contribution in [3.05, 3.63) is 83.6 Å². The third kappa shape index (κ3) is 8.21. The molecule has 0 fully saturated rings. The van der Waals surface area contributed by atoms with Crippen LogP contribution in [0, 0.1) is 0 Å². The van der Waals surface area contributed by atoms with Crippen LogP contribution in [-0.2, 0) is 22.6 Å². The van der Waals surface area contributed by atoms with E-state index < -0.39 is 17.8 Å². The number of nitrogens with one attached hydrogen (secondary N) is 1. The van der Waals surface area contributed by atoms with Crippen molar-refractivity contribution >= 4 is 17.7 Å². The van der Waals surface area contributed by atoms with Crippen LogP contribution in [0.4, 0.5) is 10.5 Å². The molecular formula is C27H33N3O6. The molecule has 192 valence electrons. The van der Waals surface area contributed by atoms with E-state index >= 15 is 0 Å². The van der Waals surface area contributed by atoms with E-state index in [2.05, 4.69) is 10.3 Å². The maximum atomic E-state index is 12.8. The van der Waals surface area contributed by atoms with Crippen LogP contribution in [0.5, 0.6) is 0 Å². The summed E-state index contributed by atoms with van der Waals surface area (Å²) in [4.78, 5) is 30.9. The molecule has 1 unspecified atom stereocenters. The van der Waals surface area contributed by atoms with Crippen molar-refractivity contribution < 1.29 is 29.0 Å². The highest BCUT2D eigenvalue weighted by atomic mass is 16.6. The zero-order valence-electron chi connectivity index (χ0n) is 20.8. The second kappa shape index (κ2) is 12.3. The third-order valence-corrected chi connectivity index (χ3v) is 5.23. The number of hydrogen-bond acceptors (Lipinski definition) is 7. The third-order valence-electron chi connectivity index (χ3n) is 5.23. The van der Waals surface area contributed by atoms with Crippen molar-refractivity contribution in [2.45, 2.75) is 51.9 Å². The first-order valence-electron chi connectivity index (χ1n) is 11.8. The normalized spacial score (nSPS) is 12.1. The molecule has 3 N–H and O–H groups in total. The van der Waals surface area contributed by atoms with Gasteiger partial charge in [0.05, 0.1) is 12.8 Å². The van der Waals surface area contributed by atoms with Gasteiger partial charge in [-0.05, 0) is 44.0 Å². The molecule has 36 heavy (non-hydrogen) atoms. The molecule has 1 heterocycles. The van der Waals surface area contributed by atoms with Gasteiger partial charge in [-0.2, -0.15) is 0 Å². The van der Waals surface area contributed by atoms with Gasteiger partial charge in [-0.1, -0.05) is 42.5 Å². The average Bonchev–Trinajstić information content (AvgIpc) is 3.32. The number of anilines is 1. The number of aliphatic hydroxyl groups excluding tert-OH is 2. The lowest BCUT2D eigenvalue weighted by atomic mass is 10.1. The van der Waals surface area contributed by atoms with Crippen molar-refractivity contribution in [1.29, 1.82) is 0 Å². The quantitative estimate of drug-likeness (QED) is 0.387. The second-order valence-corrected chi connectivity index (χ2v) is 9.35. The molecule has 0 aliphatic carbocycles. The van der Waals surface area contributed by atoms with Crippen molar-refractivity contribution in [1.82, 2.24) is 9.88 Å². The summed E-state index contributed by atoms with van der Waals surface area (Å²) in [5, 5.41) is 22.4. The molecule has 3 rings (SSSR count). The summed E-state index contributed by atoms with van der Waals surface area (Å²) in [6.07, 6.45) is 0.397. The van der Waals surface area contributed by atoms with Gasteiger partial charge in [-0.25, -0.2) is 9.78 Å². The molecule has 0 saturated heterocycles. The molecule has 3 aromatic rings. The summed E-state index contributed by atoms with van der Waals surface area (Å²) >= 11 is 0. The molecule has 0 saturated carbocycles. The summed E-state index contributed by atoms with van der Waals surface area (Å²) < 4.78 is 11.2. The minimum absolute atomic E-state index is 0.0649. The summed E-state index contributed by atoms with van der Waals surface area (Å²) in [6.45, 7) is 5.64. The molecule has 0 aliphatic heterocycles. The molecule has 2 aromatic carbocycles. The highest BCUT2D eigenvalue weighted by molar-refractivity contribution is 5.91. The number of hydrogen-bond donors (Lipinski definition) is 3. The molecule has 9 nitrogen and oxygen atoms in total. The van der Waals surface area contributed by atoms with Crippen molar-refractivity contribution in [2.75, 3.05) is 18.4 Å². The van der Waals surface area contributed by atoms with E-state index in [1.807, 2.05) is 18.2 Å². The number of aromatic nitrogens is 1. The SMILES string of the molecule is CC(C)(C)OC(=O)N(CCC(=O)Nc1ccc(CO)cc1)CCc1cnc(C(O)c2ccccc2)o1. The molecule has 0 aliphatic rings. The lowest BCUT2D eigenvalue weighted by Crippen LogP contribution is -2.39. The Morgan fingerprint density at radius 2 is 1.78 bits per heavy atom. The number of benzene rings is 2. The Bertz CT molecular complexity index is 1120. The number of nitrogens with zero attached hydrogens (tertiary/aromatic N) is 2. The smallest absolute Gasteiger partial charge is 0.410 e. The minimum Gasteiger partial charge on any atom is -0.444 e. The molecule has 0 radical (unpaired) electrons. The van der Waals surface area contributed by atoms with Crippen LogP contribution in [-0.4, -0.2) is 50.8 Å². The van der Waals surface area contributed by atoms with Crippen molar-refractivity contribution in [2.24, 2.45) is 0 Å². The van der Waals surface area contributed by atoms with Gasteiger partial charge < -0.3 is 29.6 Å². The van der Waals surface area contributed by atoms with E-state index in [0.717, 1.165) is 5.56 Å². The highest BCUT2D eigenvalue weighted by Crippen LogP contribution is 2.22. The predicted octanol–water partition coefficient (Wildman–Crippen LogP) is 4.06. The van der Waals surface area contributed by atoms with Crippen LogP contribution < -0.4 is 5.32 Å². The topological polar surface area (TPSA) is 125 Å². The first-order chi connectivity index (χ1) is 17.1. The van der Waals surface area contributed by atoms with Crippen molar-refractivity contribution in [3.8, 4) is 0 Å².